The zero-order chi connectivity index (χ0) is 43.1. The van der Waals surface area contributed by atoms with Crippen LogP contribution >= 0.6 is 0 Å². The summed E-state index contributed by atoms with van der Waals surface area (Å²) in [6, 6.07) is 78.5. The maximum Gasteiger partial charge on any atom is 0.164 e. The molecule has 304 valence electrons. The number of hydrogen-bond acceptors (Lipinski definition) is 3. The minimum absolute atomic E-state index is 0.156. The first-order valence-electron chi connectivity index (χ1n) is 22.7. The number of fused-ring (bicyclic) bond motifs is 19. The molecule has 1 heterocycles. The monoisotopic (exact) mass is 827 g/mol. The molecular formula is C62H41N3. The molecule has 2 spiro atoms. The third-order valence-corrected chi connectivity index (χ3v) is 15.2. The van der Waals surface area contributed by atoms with E-state index in [1.807, 2.05) is 6.07 Å². The molecule has 4 aliphatic rings. The van der Waals surface area contributed by atoms with Crippen LogP contribution in [0, 0.1) is 0 Å². The minimum atomic E-state index is -0.620. The molecule has 0 unspecified atom stereocenters. The van der Waals surface area contributed by atoms with Gasteiger partial charge in [-0.1, -0.05) is 214 Å². The van der Waals surface area contributed by atoms with Crippen molar-refractivity contribution in [3.8, 4) is 67.5 Å². The van der Waals surface area contributed by atoms with Gasteiger partial charge in [-0.05, 0) is 101 Å². The van der Waals surface area contributed by atoms with Crippen LogP contribution in [0.1, 0.15) is 69.5 Å². The lowest BCUT2D eigenvalue weighted by atomic mass is 9.52. The Hall–Kier alpha value is -8.01. The second-order valence-corrected chi connectivity index (χ2v) is 18.6. The van der Waals surface area contributed by atoms with E-state index < -0.39 is 10.8 Å². The first-order chi connectivity index (χ1) is 32.0. The SMILES string of the molecule is CC1(C)c2ccccc2-c2ccc(-c3nc(-c4ccccc4)nc(-c4ccc5c(c4)C4(c6ccccc6-5)c5ccccc5C5(c6ccccc6-c6ccccc65)c5ccccc54)n3)cc21. The molecule has 0 radical (unpaired) electrons. The summed E-state index contributed by atoms with van der Waals surface area (Å²) in [5.74, 6) is 1.97. The van der Waals surface area contributed by atoms with Crippen molar-refractivity contribution in [3.05, 3.63) is 268 Å². The predicted octanol–water partition coefficient (Wildman–Crippen LogP) is 14.2. The molecule has 4 aliphatic carbocycles. The number of nitrogens with zero attached hydrogens (tertiary/aromatic N) is 3. The van der Waals surface area contributed by atoms with Crippen molar-refractivity contribution in [2.75, 3.05) is 0 Å². The molecule has 10 aromatic rings. The largest absolute Gasteiger partial charge is 0.208 e. The first kappa shape index (κ1) is 36.5. The van der Waals surface area contributed by atoms with Crippen LogP contribution < -0.4 is 0 Å². The van der Waals surface area contributed by atoms with Gasteiger partial charge in [-0.2, -0.15) is 0 Å². The molecule has 14 rings (SSSR count). The van der Waals surface area contributed by atoms with Gasteiger partial charge in [0.05, 0.1) is 10.8 Å². The third kappa shape index (κ3) is 4.62. The highest BCUT2D eigenvalue weighted by atomic mass is 15.0. The molecule has 9 aromatic carbocycles. The van der Waals surface area contributed by atoms with Crippen LogP contribution in [-0.2, 0) is 16.2 Å². The second kappa shape index (κ2) is 13.0. The second-order valence-electron chi connectivity index (χ2n) is 18.6. The summed E-state index contributed by atoms with van der Waals surface area (Å²) >= 11 is 0. The molecule has 0 amide bonds. The Balaban J connectivity index is 1.02. The maximum absolute atomic E-state index is 5.40. The molecule has 1 aromatic heterocycles. The number of aromatic nitrogens is 3. The molecule has 0 saturated heterocycles. The van der Waals surface area contributed by atoms with E-state index >= 15 is 0 Å². The van der Waals surface area contributed by atoms with Gasteiger partial charge in [0.2, 0.25) is 0 Å². The summed E-state index contributed by atoms with van der Waals surface area (Å²) in [5, 5.41) is 0. The normalized spacial score (nSPS) is 15.3. The van der Waals surface area contributed by atoms with Crippen molar-refractivity contribution < 1.29 is 0 Å². The number of benzene rings is 9. The van der Waals surface area contributed by atoms with Gasteiger partial charge in [-0.15, -0.1) is 0 Å². The highest BCUT2D eigenvalue weighted by molar-refractivity contribution is 5.94. The van der Waals surface area contributed by atoms with E-state index in [1.54, 1.807) is 0 Å². The number of rotatable bonds is 3. The Kier molecular flexibility index (Phi) is 7.31. The Morgan fingerprint density at radius 1 is 0.246 bits per heavy atom. The summed E-state index contributed by atoms with van der Waals surface area (Å²) in [4.78, 5) is 15.9. The summed E-state index contributed by atoms with van der Waals surface area (Å²) in [5.41, 5.74) is 22.4. The molecule has 3 heteroatoms. The van der Waals surface area contributed by atoms with E-state index in [0.717, 1.165) is 16.7 Å². The molecule has 0 fully saturated rings. The lowest BCUT2D eigenvalue weighted by Gasteiger charge is -2.48. The third-order valence-electron chi connectivity index (χ3n) is 15.2. The average Bonchev–Trinajstić information content (AvgIpc) is 3.92. The van der Waals surface area contributed by atoms with Gasteiger partial charge in [-0.3, -0.25) is 0 Å². The van der Waals surface area contributed by atoms with E-state index in [0.29, 0.717) is 17.5 Å². The summed E-state index contributed by atoms with van der Waals surface area (Å²) < 4.78 is 0. The van der Waals surface area contributed by atoms with Crippen LogP contribution in [0.15, 0.2) is 212 Å². The fourth-order valence-electron chi connectivity index (χ4n) is 12.6. The van der Waals surface area contributed by atoms with Crippen molar-refractivity contribution in [2.24, 2.45) is 0 Å². The van der Waals surface area contributed by atoms with Crippen molar-refractivity contribution in [2.45, 2.75) is 30.1 Å². The number of hydrogen-bond donors (Lipinski definition) is 0. The van der Waals surface area contributed by atoms with Gasteiger partial charge < -0.3 is 0 Å². The van der Waals surface area contributed by atoms with Crippen LogP contribution in [0.4, 0.5) is 0 Å². The summed E-state index contributed by atoms with van der Waals surface area (Å²) in [6.07, 6.45) is 0. The Morgan fingerprint density at radius 3 is 1.02 bits per heavy atom. The fraction of sp³-hybridized carbons (Fsp3) is 0.0806. The van der Waals surface area contributed by atoms with Crippen LogP contribution in [0.25, 0.3) is 67.5 Å². The standard InChI is InChI=1S/C62H41N3/c1-60(2)47-24-10-6-20-41(47)45-34-32-39(36-55(45)60)58-63-57(38-18-4-3-5-19-38)64-59(65-58)40-33-35-46-44-23-9-13-27-50(44)62(56(46)37-40)53-30-16-14-28-51(53)61(52-29-15-17-31-54(52)62)48-25-11-7-21-42(48)43-22-8-12-26-49(43)61/h3-37H,1-2H3. The zero-order valence-corrected chi connectivity index (χ0v) is 36.0. The van der Waals surface area contributed by atoms with E-state index in [2.05, 4.69) is 220 Å². The summed E-state index contributed by atoms with van der Waals surface area (Å²) in [7, 11) is 0. The van der Waals surface area contributed by atoms with E-state index in [4.69, 9.17) is 15.0 Å². The Labute approximate surface area is 378 Å². The van der Waals surface area contributed by atoms with Crippen LogP contribution in [0.3, 0.4) is 0 Å². The van der Waals surface area contributed by atoms with E-state index in [1.165, 1.54) is 89.0 Å². The highest BCUT2D eigenvalue weighted by Gasteiger charge is 2.58. The molecule has 0 saturated carbocycles. The fourth-order valence-corrected chi connectivity index (χ4v) is 12.6. The maximum atomic E-state index is 5.40. The van der Waals surface area contributed by atoms with Gasteiger partial charge in [0.1, 0.15) is 0 Å². The Morgan fingerprint density at radius 2 is 0.554 bits per heavy atom. The van der Waals surface area contributed by atoms with Crippen LogP contribution in [0.2, 0.25) is 0 Å². The average molecular weight is 828 g/mol. The lowest BCUT2D eigenvalue weighted by Crippen LogP contribution is -2.43. The molecule has 65 heavy (non-hydrogen) atoms. The highest BCUT2D eigenvalue weighted by Crippen LogP contribution is 2.67. The van der Waals surface area contributed by atoms with Crippen molar-refractivity contribution in [3.63, 3.8) is 0 Å². The first-order valence-corrected chi connectivity index (χ1v) is 22.7. The van der Waals surface area contributed by atoms with Crippen molar-refractivity contribution >= 4 is 0 Å². The van der Waals surface area contributed by atoms with E-state index in [-0.39, 0.29) is 5.41 Å². The van der Waals surface area contributed by atoms with Crippen molar-refractivity contribution in [1.82, 2.24) is 15.0 Å². The van der Waals surface area contributed by atoms with Gasteiger partial charge in [0.15, 0.2) is 17.5 Å². The molecular weight excluding hydrogens is 787 g/mol. The van der Waals surface area contributed by atoms with Crippen LogP contribution in [0.5, 0.6) is 0 Å². The topological polar surface area (TPSA) is 38.7 Å². The molecule has 0 N–H and O–H groups in total. The van der Waals surface area contributed by atoms with Crippen molar-refractivity contribution in [1.29, 1.82) is 0 Å². The zero-order valence-electron chi connectivity index (χ0n) is 36.0. The lowest BCUT2D eigenvalue weighted by molar-refractivity contribution is 0.633. The molecule has 0 bridgehead atoms. The Bertz CT molecular complexity index is 3560. The molecule has 0 atom stereocenters. The summed E-state index contributed by atoms with van der Waals surface area (Å²) in [6.45, 7) is 4.64. The van der Waals surface area contributed by atoms with E-state index in [9.17, 15) is 0 Å². The molecule has 3 nitrogen and oxygen atoms in total. The van der Waals surface area contributed by atoms with Gasteiger partial charge >= 0.3 is 0 Å². The molecule has 0 aliphatic heterocycles. The quantitative estimate of drug-likeness (QED) is 0.178. The van der Waals surface area contributed by atoms with Gasteiger partial charge in [0.25, 0.3) is 0 Å². The smallest absolute Gasteiger partial charge is 0.164 e. The van der Waals surface area contributed by atoms with Gasteiger partial charge in [0, 0.05) is 22.1 Å². The van der Waals surface area contributed by atoms with Crippen LogP contribution in [-0.4, -0.2) is 15.0 Å². The van der Waals surface area contributed by atoms with Gasteiger partial charge in [-0.25, -0.2) is 15.0 Å². The predicted molar refractivity (Wildman–Crippen MR) is 262 cm³/mol. The minimum Gasteiger partial charge on any atom is -0.208 e.